The molecule has 0 aromatic rings. The summed E-state index contributed by atoms with van der Waals surface area (Å²) in [5.41, 5.74) is 0. The topological polar surface area (TPSA) is 50.4 Å². The Labute approximate surface area is 111 Å². The molecule has 1 rings (SSSR count). The summed E-state index contributed by atoms with van der Waals surface area (Å²) in [6, 6.07) is 0.941. The van der Waals surface area contributed by atoms with Gasteiger partial charge in [0.05, 0.1) is 6.10 Å². The molecular formula is C14H28N2O2. The van der Waals surface area contributed by atoms with E-state index in [2.05, 4.69) is 38.3 Å². The van der Waals surface area contributed by atoms with Crippen molar-refractivity contribution in [2.24, 2.45) is 5.92 Å². The molecular weight excluding hydrogens is 228 g/mol. The summed E-state index contributed by atoms with van der Waals surface area (Å²) < 4.78 is 5.75. The zero-order chi connectivity index (χ0) is 13.5. The van der Waals surface area contributed by atoms with Crippen LogP contribution in [-0.4, -0.2) is 37.2 Å². The molecule has 3 atom stereocenters. The molecule has 3 unspecified atom stereocenters. The van der Waals surface area contributed by atoms with Crippen molar-refractivity contribution in [1.82, 2.24) is 10.6 Å². The second-order valence-corrected chi connectivity index (χ2v) is 5.71. The maximum Gasteiger partial charge on any atom is 0.246 e. The fourth-order valence-electron chi connectivity index (χ4n) is 2.30. The van der Waals surface area contributed by atoms with E-state index >= 15 is 0 Å². The molecule has 4 heteroatoms. The Morgan fingerprint density at radius 1 is 1.44 bits per heavy atom. The molecule has 0 spiro atoms. The zero-order valence-electron chi connectivity index (χ0n) is 12.2. The van der Waals surface area contributed by atoms with Gasteiger partial charge in [-0.25, -0.2) is 0 Å². The average molecular weight is 256 g/mol. The van der Waals surface area contributed by atoms with Gasteiger partial charge in [-0.1, -0.05) is 20.8 Å². The SMILES string of the molecule is CCC1NC(C)CCC1OCC(=O)NCC(C)C. The lowest BCUT2D eigenvalue weighted by molar-refractivity contribution is -0.129. The monoisotopic (exact) mass is 256 g/mol. The van der Waals surface area contributed by atoms with Gasteiger partial charge in [0.1, 0.15) is 6.61 Å². The maximum atomic E-state index is 11.6. The number of carbonyl (C=O) groups excluding carboxylic acids is 1. The van der Waals surface area contributed by atoms with E-state index in [1.165, 1.54) is 0 Å². The van der Waals surface area contributed by atoms with E-state index in [-0.39, 0.29) is 18.6 Å². The van der Waals surface area contributed by atoms with E-state index in [9.17, 15) is 4.79 Å². The number of hydrogen-bond acceptors (Lipinski definition) is 3. The third-order valence-corrected chi connectivity index (χ3v) is 3.41. The normalized spacial score (nSPS) is 28.4. The van der Waals surface area contributed by atoms with Crippen LogP contribution in [0.3, 0.4) is 0 Å². The van der Waals surface area contributed by atoms with Gasteiger partial charge in [0.2, 0.25) is 5.91 Å². The zero-order valence-corrected chi connectivity index (χ0v) is 12.2. The van der Waals surface area contributed by atoms with Gasteiger partial charge < -0.3 is 15.4 Å². The van der Waals surface area contributed by atoms with Crippen LogP contribution in [0.5, 0.6) is 0 Å². The molecule has 0 aromatic carbocycles. The van der Waals surface area contributed by atoms with Crippen LogP contribution in [0.2, 0.25) is 0 Å². The van der Waals surface area contributed by atoms with Crippen molar-refractivity contribution in [3.8, 4) is 0 Å². The van der Waals surface area contributed by atoms with Crippen LogP contribution in [0.15, 0.2) is 0 Å². The molecule has 1 aliphatic heterocycles. The number of nitrogens with one attached hydrogen (secondary N) is 2. The Kier molecular flexibility index (Phi) is 6.65. The quantitative estimate of drug-likeness (QED) is 0.760. The van der Waals surface area contributed by atoms with Crippen LogP contribution in [0.1, 0.15) is 47.0 Å². The minimum Gasteiger partial charge on any atom is -0.367 e. The van der Waals surface area contributed by atoms with Gasteiger partial charge >= 0.3 is 0 Å². The van der Waals surface area contributed by atoms with Crippen LogP contribution in [-0.2, 0) is 9.53 Å². The van der Waals surface area contributed by atoms with Crippen LogP contribution < -0.4 is 10.6 Å². The Hall–Kier alpha value is -0.610. The van der Waals surface area contributed by atoms with E-state index in [4.69, 9.17) is 4.74 Å². The molecule has 0 bridgehead atoms. The molecule has 106 valence electrons. The number of amides is 1. The summed E-state index contributed by atoms with van der Waals surface area (Å²) in [5.74, 6) is 0.478. The third kappa shape index (κ3) is 5.36. The second kappa shape index (κ2) is 7.74. The van der Waals surface area contributed by atoms with E-state index in [1.807, 2.05) is 0 Å². The fourth-order valence-corrected chi connectivity index (χ4v) is 2.30. The van der Waals surface area contributed by atoms with Crippen LogP contribution >= 0.6 is 0 Å². The van der Waals surface area contributed by atoms with Crippen molar-refractivity contribution in [3.05, 3.63) is 0 Å². The largest absolute Gasteiger partial charge is 0.367 e. The summed E-state index contributed by atoms with van der Waals surface area (Å²) >= 11 is 0. The predicted molar refractivity (Wildman–Crippen MR) is 73.5 cm³/mol. The molecule has 0 radical (unpaired) electrons. The first-order chi connectivity index (χ1) is 8.52. The molecule has 0 saturated carbocycles. The minimum absolute atomic E-state index is 0.00262. The smallest absolute Gasteiger partial charge is 0.246 e. The lowest BCUT2D eigenvalue weighted by atomic mass is 9.95. The van der Waals surface area contributed by atoms with Gasteiger partial charge in [-0.2, -0.15) is 0 Å². The van der Waals surface area contributed by atoms with Crippen LogP contribution in [0.4, 0.5) is 0 Å². The standard InChI is InChI=1S/C14H28N2O2/c1-5-12-13(7-6-11(4)16-12)18-9-14(17)15-8-10(2)3/h10-13,16H,5-9H2,1-4H3,(H,15,17). The van der Waals surface area contributed by atoms with Crippen molar-refractivity contribution < 1.29 is 9.53 Å². The Morgan fingerprint density at radius 2 is 2.17 bits per heavy atom. The lowest BCUT2D eigenvalue weighted by Crippen LogP contribution is -2.50. The molecule has 1 heterocycles. The van der Waals surface area contributed by atoms with Crippen molar-refractivity contribution >= 4 is 5.91 Å². The molecule has 18 heavy (non-hydrogen) atoms. The first-order valence-electron chi connectivity index (χ1n) is 7.17. The Morgan fingerprint density at radius 3 is 2.78 bits per heavy atom. The molecule has 1 saturated heterocycles. The highest BCUT2D eigenvalue weighted by atomic mass is 16.5. The molecule has 1 fully saturated rings. The van der Waals surface area contributed by atoms with E-state index in [0.29, 0.717) is 18.0 Å². The van der Waals surface area contributed by atoms with Gasteiger partial charge in [0, 0.05) is 18.6 Å². The number of ether oxygens (including phenoxy) is 1. The molecule has 1 aliphatic rings. The number of rotatable bonds is 6. The summed E-state index contributed by atoms with van der Waals surface area (Å²) in [4.78, 5) is 11.6. The van der Waals surface area contributed by atoms with Gasteiger partial charge in [-0.15, -0.1) is 0 Å². The highest BCUT2D eigenvalue weighted by Crippen LogP contribution is 2.18. The number of hydrogen-bond donors (Lipinski definition) is 2. The number of carbonyl (C=O) groups is 1. The molecule has 0 aromatic heterocycles. The van der Waals surface area contributed by atoms with Gasteiger partial charge in [-0.05, 0) is 32.1 Å². The highest BCUT2D eigenvalue weighted by molar-refractivity contribution is 5.77. The summed E-state index contributed by atoms with van der Waals surface area (Å²) in [5, 5.41) is 6.41. The average Bonchev–Trinajstić information content (AvgIpc) is 2.34. The van der Waals surface area contributed by atoms with Crippen LogP contribution in [0.25, 0.3) is 0 Å². The fraction of sp³-hybridized carbons (Fsp3) is 0.929. The Balaban J connectivity index is 2.26. The maximum absolute atomic E-state index is 11.6. The molecule has 1 amide bonds. The second-order valence-electron chi connectivity index (χ2n) is 5.71. The first-order valence-corrected chi connectivity index (χ1v) is 7.17. The summed E-state index contributed by atoms with van der Waals surface area (Å²) in [6.45, 7) is 9.43. The van der Waals surface area contributed by atoms with Gasteiger partial charge in [0.25, 0.3) is 0 Å². The first kappa shape index (κ1) is 15.4. The highest BCUT2D eigenvalue weighted by Gasteiger charge is 2.27. The van der Waals surface area contributed by atoms with Crippen molar-refractivity contribution in [2.45, 2.75) is 65.1 Å². The summed E-state index contributed by atoms with van der Waals surface area (Å²) in [6.07, 6.45) is 3.39. The van der Waals surface area contributed by atoms with Crippen molar-refractivity contribution in [2.75, 3.05) is 13.2 Å². The van der Waals surface area contributed by atoms with Crippen LogP contribution in [0, 0.1) is 5.92 Å². The van der Waals surface area contributed by atoms with E-state index < -0.39 is 0 Å². The van der Waals surface area contributed by atoms with Crippen molar-refractivity contribution in [3.63, 3.8) is 0 Å². The molecule has 4 nitrogen and oxygen atoms in total. The molecule has 0 aliphatic carbocycles. The van der Waals surface area contributed by atoms with Gasteiger partial charge in [-0.3, -0.25) is 4.79 Å². The number of piperidine rings is 1. The minimum atomic E-state index is -0.00262. The van der Waals surface area contributed by atoms with Gasteiger partial charge in [0.15, 0.2) is 0 Å². The Bertz CT molecular complexity index is 256. The van der Waals surface area contributed by atoms with Crippen molar-refractivity contribution in [1.29, 1.82) is 0 Å². The lowest BCUT2D eigenvalue weighted by Gasteiger charge is -2.35. The van der Waals surface area contributed by atoms with E-state index in [0.717, 1.165) is 25.8 Å². The van der Waals surface area contributed by atoms with E-state index in [1.54, 1.807) is 0 Å². The summed E-state index contributed by atoms with van der Waals surface area (Å²) in [7, 11) is 0. The third-order valence-electron chi connectivity index (χ3n) is 3.41. The predicted octanol–water partition coefficient (Wildman–Crippen LogP) is 1.69. The molecule has 2 N–H and O–H groups in total.